The number of rotatable bonds is 5. The Labute approximate surface area is 108 Å². The van der Waals surface area contributed by atoms with Crippen molar-refractivity contribution < 1.29 is 23.9 Å². The van der Waals surface area contributed by atoms with Gasteiger partial charge in [0.1, 0.15) is 12.3 Å². The highest BCUT2D eigenvalue weighted by Crippen LogP contribution is 2.40. The van der Waals surface area contributed by atoms with Crippen molar-refractivity contribution in [1.29, 1.82) is 0 Å². The fraction of sp³-hybridized carbons (Fsp3) is 0.364. The van der Waals surface area contributed by atoms with Crippen LogP contribution < -0.4 is 14.8 Å². The van der Waals surface area contributed by atoms with Gasteiger partial charge in [-0.3, -0.25) is 14.9 Å². The lowest BCUT2D eigenvalue weighted by molar-refractivity contribution is -0.384. The Hall–Kier alpha value is -2.35. The van der Waals surface area contributed by atoms with Gasteiger partial charge in [-0.1, -0.05) is 0 Å². The number of fused-ring (bicyclic) bond motifs is 1. The summed E-state index contributed by atoms with van der Waals surface area (Å²) in [7, 11) is 0. The number of ether oxygens (including phenoxy) is 3. The van der Waals surface area contributed by atoms with Crippen LogP contribution in [0.15, 0.2) is 12.1 Å². The highest BCUT2D eigenvalue weighted by molar-refractivity contribution is 5.94. The molecule has 0 aliphatic carbocycles. The molecule has 0 saturated carbocycles. The zero-order valence-electron chi connectivity index (χ0n) is 10.2. The summed E-state index contributed by atoms with van der Waals surface area (Å²) in [5.41, 5.74) is -0.201. The van der Waals surface area contributed by atoms with E-state index in [4.69, 9.17) is 14.2 Å². The van der Waals surface area contributed by atoms with Gasteiger partial charge in [0, 0.05) is 12.7 Å². The van der Waals surface area contributed by atoms with E-state index >= 15 is 0 Å². The van der Waals surface area contributed by atoms with E-state index in [2.05, 4.69) is 5.32 Å². The van der Waals surface area contributed by atoms with Gasteiger partial charge >= 0.3 is 0 Å². The maximum absolute atomic E-state index is 11.5. The van der Waals surface area contributed by atoms with Crippen molar-refractivity contribution >= 4 is 17.3 Å². The summed E-state index contributed by atoms with van der Waals surface area (Å²) in [6.45, 7) is 1.97. The van der Waals surface area contributed by atoms with Gasteiger partial charge < -0.3 is 19.5 Å². The molecule has 1 N–H and O–H groups in total. The Morgan fingerprint density at radius 1 is 1.47 bits per heavy atom. The van der Waals surface area contributed by atoms with Crippen molar-refractivity contribution in [2.75, 3.05) is 25.3 Å². The molecule has 8 nitrogen and oxygen atoms in total. The minimum absolute atomic E-state index is 0.00281. The van der Waals surface area contributed by atoms with Crippen LogP contribution >= 0.6 is 0 Å². The molecule has 0 radical (unpaired) electrons. The summed E-state index contributed by atoms with van der Waals surface area (Å²) in [5.74, 6) is 0.177. The Morgan fingerprint density at radius 3 is 2.79 bits per heavy atom. The maximum Gasteiger partial charge on any atom is 0.296 e. The van der Waals surface area contributed by atoms with Crippen molar-refractivity contribution in [3.05, 3.63) is 22.2 Å². The largest absolute Gasteiger partial charge is 0.454 e. The van der Waals surface area contributed by atoms with Crippen LogP contribution in [0.5, 0.6) is 11.5 Å². The minimum atomic E-state index is -0.599. The third kappa shape index (κ3) is 2.91. The third-order valence-corrected chi connectivity index (χ3v) is 2.40. The van der Waals surface area contributed by atoms with Crippen LogP contribution in [0.3, 0.4) is 0 Å². The van der Waals surface area contributed by atoms with Crippen molar-refractivity contribution in [2.45, 2.75) is 6.92 Å². The third-order valence-electron chi connectivity index (χ3n) is 2.40. The van der Waals surface area contributed by atoms with Crippen molar-refractivity contribution in [1.82, 2.24) is 0 Å². The van der Waals surface area contributed by atoms with E-state index in [1.807, 2.05) is 0 Å². The molecule has 0 fully saturated rings. The zero-order chi connectivity index (χ0) is 13.8. The van der Waals surface area contributed by atoms with Crippen LogP contribution in [0.4, 0.5) is 11.4 Å². The van der Waals surface area contributed by atoms with Gasteiger partial charge in [0.2, 0.25) is 6.79 Å². The number of amides is 1. The summed E-state index contributed by atoms with van der Waals surface area (Å²) in [6.07, 6.45) is 0. The molecule has 102 valence electrons. The van der Waals surface area contributed by atoms with E-state index in [0.29, 0.717) is 12.4 Å². The predicted molar refractivity (Wildman–Crippen MR) is 64.3 cm³/mol. The first-order valence-electron chi connectivity index (χ1n) is 5.57. The zero-order valence-corrected chi connectivity index (χ0v) is 10.2. The van der Waals surface area contributed by atoms with Crippen LogP contribution in [0.1, 0.15) is 6.92 Å². The molecule has 1 aliphatic rings. The van der Waals surface area contributed by atoms with Gasteiger partial charge in [-0.25, -0.2) is 0 Å². The van der Waals surface area contributed by atoms with Gasteiger partial charge in [-0.05, 0) is 6.92 Å². The number of nitro benzene ring substituents is 1. The molecule has 19 heavy (non-hydrogen) atoms. The Bertz CT molecular complexity index is 516. The molecule has 0 bridgehead atoms. The number of carbonyl (C=O) groups excluding carboxylic acids is 1. The molecule has 8 heteroatoms. The monoisotopic (exact) mass is 268 g/mol. The molecule has 1 aromatic rings. The number of nitro groups is 1. The Kier molecular flexibility index (Phi) is 3.81. The molecule has 1 aliphatic heterocycles. The van der Waals surface area contributed by atoms with Gasteiger partial charge in [0.05, 0.1) is 11.0 Å². The number of carbonyl (C=O) groups is 1. The van der Waals surface area contributed by atoms with Gasteiger partial charge in [-0.15, -0.1) is 0 Å². The number of benzene rings is 1. The van der Waals surface area contributed by atoms with Crippen LogP contribution in [-0.4, -0.2) is 30.8 Å². The Morgan fingerprint density at radius 2 is 2.16 bits per heavy atom. The molecule has 0 spiro atoms. The van der Waals surface area contributed by atoms with E-state index in [9.17, 15) is 14.9 Å². The SMILES string of the molecule is CCOCC(=O)Nc1cc2c(cc1[N+](=O)[O-])OCO2. The standard InChI is InChI=1S/C11H12N2O6/c1-2-17-5-11(14)12-7-3-9-10(19-6-18-9)4-8(7)13(15)16/h3-4H,2,5-6H2,1H3,(H,12,14). The van der Waals surface area contributed by atoms with Crippen molar-refractivity contribution in [3.8, 4) is 11.5 Å². The highest BCUT2D eigenvalue weighted by Gasteiger charge is 2.24. The second-order valence-corrected chi connectivity index (χ2v) is 3.67. The average molecular weight is 268 g/mol. The number of nitrogens with one attached hydrogen (secondary N) is 1. The van der Waals surface area contributed by atoms with E-state index in [1.54, 1.807) is 6.92 Å². The van der Waals surface area contributed by atoms with Crippen LogP contribution in [0.2, 0.25) is 0 Å². The molecule has 1 amide bonds. The predicted octanol–water partition coefficient (Wildman–Crippen LogP) is 1.30. The molecule has 0 atom stereocenters. The summed E-state index contributed by atoms with van der Waals surface area (Å²) < 4.78 is 15.1. The van der Waals surface area contributed by atoms with Crippen LogP contribution in [0, 0.1) is 10.1 Å². The second kappa shape index (κ2) is 5.53. The van der Waals surface area contributed by atoms with Crippen molar-refractivity contribution in [2.24, 2.45) is 0 Å². The topological polar surface area (TPSA) is 99.9 Å². The molecule has 1 aromatic carbocycles. The number of anilines is 1. The highest BCUT2D eigenvalue weighted by atomic mass is 16.7. The van der Waals surface area contributed by atoms with Crippen LogP contribution in [0.25, 0.3) is 0 Å². The van der Waals surface area contributed by atoms with E-state index in [-0.39, 0.29) is 30.5 Å². The second-order valence-electron chi connectivity index (χ2n) is 3.67. The quantitative estimate of drug-likeness (QED) is 0.638. The minimum Gasteiger partial charge on any atom is -0.454 e. The lowest BCUT2D eigenvalue weighted by Crippen LogP contribution is -2.18. The number of hydrogen-bond acceptors (Lipinski definition) is 6. The summed E-state index contributed by atoms with van der Waals surface area (Å²) in [6, 6.07) is 2.59. The molecular weight excluding hydrogens is 256 g/mol. The van der Waals surface area contributed by atoms with Gasteiger partial charge in [-0.2, -0.15) is 0 Å². The lowest BCUT2D eigenvalue weighted by Gasteiger charge is -2.07. The first-order chi connectivity index (χ1) is 9.11. The molecule has 0 saturated heterocycles. The molecule has 0 unspecified atom stereocenters. The number of nitrogens with zero attached hydrogens (tertiary/aromatic N) is 1. The Balaban J connectivity index is 2.23. The van der Waals surface area contributed by atoms with Gasteiger partial charge in [0.15, 0.2) is 11.5 Å². The maximum atomic E-state index is 11.5. The first-order valence-corrected chi connectivity index (χ1v) is 5.57. The fourth-order valence-electron chi connectivity index (χ4n) is 1.56. The summed E-state index contributed by atoms with van der Waals surface area (Å²) in [4.78, 5) is 21.9. The molecule has 0 aromatic heterocycles. The average Bonchev–Trinajstić information content (AvgIpc) is 2.82. The molecular formula is C11H12N2O6. The molecule has 1 heterocycles. The normalized spacial score (nSPS) is 12.3. The fourth-order valence-corrected chi connectivity index (χ4v) is 1.56. The van der Waals surface area contributed by atoms with Gasteiger partial charge in [0.25, 0.3) is 11.6 Å². The summed E-state index contributed by atoms with van der Waals surface area (Å²) in [5, 5.41) is 13.4. The number of hydrogen-bond donors (Lipinski definition) is 1. The van der Waals surface area contributed by atoms with E-state index in [0.717, 1.165) is 0 Å². The van der Waals surface area contributed by atoms with E-state index < -0.39 is 10.8 Å². The molecule has 2 rings (SSSR count). The smallest absolute Gasteiger partial charge is 0.296 e. The first kappa shape index (κ1) is 13.1. The van der Waals surface area contributed by atoms with E-state index in [1.165, 1.54) is 12.1 Å². The van der Waals surface area contributed by atoms with Crippen molar-refractivity contribution in [3.63, 3.8) is 0 Å². The lowest BCUT2D eigenvalue weighted by atomic mass is 10.2. The van der Waals surface area contributed by atoms with Crippen LogP contribution in [-0.2, 0) is 9.53 Å². The summed E-state index contributed by atoms with van der Waals surface area (Å²) >= 11 is 0.